The molecule has 3 rings (SSSR count). The van der Waals surface area contributed by atoms with Gasteiger partial charge in [-0.15, -0.1) is 13.2 Å². The average molecular weight is 365 g/mol. The highest BCUT2D eigenvalue weighted by Gasteiger charge is 2.21. The molecule has 1 aliphatic rings. The number of nitrogens with zero attached hydrogens (tertiary/aromatic N) is 2. The summed E-state index contributed by atoms with van der Waals surface area (Å²) in [5, 5.41) is 13.2. The number of benzene rings is 1. The predicted octanol–water partition coefficient (Wildman–Crippen LogP) is 2.12. The summed E-state index contributed by atoms with van der Waals surface area (Å²) in [6.07, 6.45) is 4.18. The quantitative estimate of drug-likeness (QED) is 0.656. The fraction of sp³-hybridized carbons (Fsp3) is 0.250. The van der Waals surface area contributed by atoms with E-state index in [2.05, 4.69) is 34.0 Å². The normalized spacial score (nSPS) is 12.7. The second kappa shape index (κ2) is 8.46. The highest BCUT2D eigenvalue weighted by atomic mass is 16.2. The Morgan fingerprint density at radius 2 is 1.89 bits per heavy atom. The minimum absolute atomic E-state index is 0.111. The lowest BCUT2D eigenvalue weighted by atomic mass is 10.1. The van der Waals surface area contributed by atoms with Crippen molar-refractivity contribution in [3.8, 4) is 0 Å². The average Bonchev–Trinajstić information content (AvgIpc) is 3.12. The maximum absolute atomic E-state index is 12.5. The molecule has 7 nitrogen and oxygen atoms in total. The van der Waals surface area contributed by atoms with Crippen molar-refractivity contribution < 1.29 is 9.59 Å². The first-order chi connectivity index (χ1) is 13.1. The zero-order chi connectivity index (χ0) is 19.2. The van der Waals surface area contributed by atoms with Crippen LogP contribution in [-0.2, 0) is 13.0 Å². The predicted molar refractivity (Wildman–Crippen MR) is 105 cm³/mol. The third-order valence-electron chi connectivity index (χ3n) is 4.40. The largest absolute Gasteiger partial charge is 0.331 e. The van der Waals surface area contributed by atoms with E-state index in [-0.39, 0.29) is 11.8 Å². The summed E-state index contributed by atoms with van der Waals surface area (Å²) in [5.74, 6) is -0.379. The van der Waals surface area contributed by atoms with Gasteiger partial charge in [0, 0.05) is 55.1 Å². The summed E-state index contributed by atoms with van der Waals surface area (Å²) in [4.78, 5) is 26.7. The molecule has 0 fully saturated rings. The van der Waals surface area contributed by atoms with Crippen LogP contribution in [0.1, 0.15) is 32.1 Å². The van der Waals surface area contributed by atoms with Crippen molar-refractivity contribution in [2.45, 2.75) is 13.0 Å². The van der Waals surface area contributed by atoms with E-state index < -0.39 is 0 Å². The molecule has 1 aromatic carbocycles. The smallest absolute Gasteiger partial charge is 0.276 e. The number of nitrogens with one attached hydrogen (secondary N) is 3. The van der Waals surface area contributed by atoms with Crippen LogP contribution in [0.15, 0.2) is 49.6 Å². The number of aromatic nitrogens is 2. The number of hydrogen-bond donors (Lipinski definition) is 3. The lowest BCUT2D eigenvalue weighted by molar-refractivity contribution is 0.0790. The maximum Gasteiger partial charge on any atom is 0.276 e. The zero-order valence-electron chi connectivity index (χ0n) is 15.1. The molecule has 0 aliphatic carbocycles. The molecule has 0 saturated carbocycles. The van der Waals surface area contributed by atoms with Crippen LogP contribution in [0.4, 0.5) is 5.69 Å². The number of carbonyl (C=O) groups is 2. The molecule has 0 bridgehead atoms. The lowest BCUT2D eigenvalue weighted by Gasteiger charge is -2.19. The fourth-order valence-corrected chi connectivity index (χ4v) is 3.03. The molecule has 140 valence electrons. The SMILES string of the molecule is C=CCN(CC=C)C(=O)c1ccc(NC(=O)c2n[nH]c3c2CNCC3)cc1. The standard InChI is InChI=1S/C20H23N5O2/c1-3-11-25(12-4-2)20(27)14-5-7-15(8-6-14)22-19(26)18-16-13-21-10-9-17(16)23-24-18/h3-8,21H,1-2,9-13H2,(H,22,26)(H,23,24). The number of anilines is 1. The van der Waals surface area contributed by atoms with E-state index in [0.717, 1.165) is 24.2 Å². The Morgan fingerprint density at radius 1 is 1.19 bits per heavy atom. The van der Waals surface area contributed by atoms with Crippen molar-refractivity contribution in [3.63, 3.8) is 0 Å². The first-order valence-corrected chi connectivity index (χ1v) is 8.83. The van der Waals surface area contributed by atoms with E-state index >= 15 is 0 Å². The number of H-pyrrole nitrogens is 1. The Balaban J connectivity index is 1.69. The van der Waals surface area contributed by atoms with Crippen molar-refractivity contribution in [1.82, 2.24) is 20.4 Å². The van der Waals surface area contributed by atoms with Gasteiger partial charge in [-0.2, -0.15) is 5.10 Å². The van der Waals surface area contributed by atoms with E-state index in [4.69, 9.17) is 0 Å². The zero-order valence-corrected chi connectivity index (χ0v) is 15.1. The summed E-state index contributed by atoms with van der Waals surface area (Å²) in [5.41, 5.74) is 3.47. The second-order valence-electron chi connectivity index (χ2n) is 6.28. The van der Waals surface area contributed by atoms with Crippen LogP contribution in [0.5, 0.6) is 0 Å². The van der Waals surface area contributed by atoms with Gasteiger partial charge >= 0.3 is 0 Å². The van der Waals surface area contributed by atoms with Crippen LogP contribution in [-0.4, -0.2) is 46.5 Å². The van der Waals surface area contributed by atoms with Crippen LogP contribution in [0, 0.1) is 0 Å². The topological polar surface area (TPSA) is 90.1 Å². The van der Waals surface area contributed by atoms with E-state index in [1.54, 1.807) is 41.3 Å². The molecule has 1 aromatic heterocycles. The highest BCUT2D eigenvalue weighted by molar-refractivity contribution is 6.04. The van der Waals surface area contributed by atoms with Crippen LogP contribution in [0.25, 0.3) is 0 Å². The van der Waals surface area contributed by atoms with Gasteiger partial charge in [-0.25, -0.2) is 0 Å². The second-order valence-corrected chi connectivity index (χ2v) is 6.28. The van der Waals surface area contributed by atoms with Crippen molar-refractivity contribution in [2.75, 3.05) is 25.0 Å². The lowest BCUT2D eigenvalue weighted by Crippen LogP contribution is -2.31. The third kappa shape index (κ3) is 4.15. The van der Waals surface area contributed by atoms with E-state index in [9.17, 15) is 9.59 Å². The van der Waals surface area contributed by atoms with Gasteiger partial charge in [-0.3, -0.25) is 14.7 Å². The molecule has 0 saturated heterocycles. The Bertz CT molecular complexity index is 844. The molecular formula is C20H23N5O2. The Hall–Kier alpha value is -3.19. The third-order valence-corrected chi connectivity index (χ3v) is 4.40. The summed E-state index contributed by atoms with van der Waals surface area (Å²) in [7, 11) is 0. The van der Waals surface area contributed by atoms with E-state index in [1.165, 1.54) is 0 Å². The van der Waals surface area contributed by atoms with Crippen LogP contribution in [0.3, 0.4) is 0 Å². The van der Waals surface area contributed by atoms with Crippen LogP contribution >= 0.6 is 0 Å². The minimum Gasteiger partial charge on any atom is -0.331 e. The van der Waals surface area contributed by atoms with Crippen LogP contribution in [0.2, 0.25) is 0 Å². The first kappa shape index (κ1) is 18.6. The molecule has 2 amide bonds. The van der Waals surface area contributed by atoms with E-state index in [0.29, 0.717) is 36.6 Å². The first-order valence-electron chi connectivity index (χ1n) is 8.83. The number of aromatic amines is 1. The molecule has 0 unspecified atom stereocenters. The summed E-state index contributed by atoms with van der Waals surface area (Å²) in [6.45, 7) is 9.74. The van der Waals surface area contributed by atoms with Gasteiger partial charge in [0.1, 0.15) is 0 Å². The van der Waals surface area contributed by atoms with Crippen molar-refractivity contribution in [2.24, 2.45) is 0 Å². The number of amides is 2. The Morgan fingerprint density at radius 3 is 2.56 bits per heavy atom. The molecule has 0 spiro atoms. The van der Waals surface area contributed by atoms with Gasteiger partial charge in [-0.05, 0) is 24.3 Å². The molecule has 2 heterocycles. The van der Waals surface area contributed by atoms with Gasteiger partial charge < -0.3 is 15.5 Å². The van der Waals surface area contributed by atoms with Gasteiger partial charge in [0.2, 0.25) is 0 Å². The molecule has 0 atom stereocenters. The number of hydrogen-bond acceptors (Lipinski definition) is 4. The minimum atomic E-state index is -0.268. The molecule has 27 heavy (non-hydrogen) atoms. The summed E-state index contributed by atoms with van der Waals surface area (Å²) in [6, 6.07) is 6.81. The monoisotopic (exact) mass is 365 g/mol. The molecular weight excluding hydrogens is 342 g/mol. The van der Waals surface area contributed by atoms with Gasteiger partial charge in [0.15, 0.2) is 5.69 Å². The number of fused-ring (bicyclic) bond motifs is 1. The van der Waals surface area contributed by atoms with Gasteiger partial charge in [0.25, 0.3) is 11.8 Å². The summed E-state index contributed by atoms with van der Waals surface area (Å²) < 4.78 is 0. The number of carbonyl (C=O) groups excluding carboxylic acids is 2. The fourth-order valence-electron chi connectivity index (χ4n) is 3.03. The molecule has 2 aromatic rings. The maximum atomic E-state index is 12.5. The Labute approximate surface area is 158 Å². The van der Waals surface area contributed by atoms with Crippen molar-refractivity contribution >= 4 is 17.5 Å². The molecule has 1 aliphatic heterocycles. The molecule has 0 radical (unpaired) electrons. The highest BCUT2D eigenvalue weighted by Crippen LogP contribution is 2.18. The van der Waals surface area contributed by atoms with Crippen molar-refractivity contribution in [3.05, 3.63) is 72.1 Å². The van der Waals surface area contributed by atoms with Crippen LogP contribution < -0.4 is 10.6 Å². The van der Waals surface area contributed by atoms with Gasteiger partial charge in [-0.1, -0.05) is 12.2 Å². The van der Waals surface area contributed by atoms with Gasteiger partial charge in [0.05, 0.1) is 0 Å². The molecule has 7 heteroatoms. The molecule has 3 N–H and O–H groups in total. The number of rotatable bonds is 7. The summed E-state index contributed by atoms with van der Waals surface area (Å²) >= 11 is 0. The van der Waals surface area contributed by atoms with E-state index in [1.807, 2.05) is 0 Å². The van der Waals surface area contributed by atoms with Crippen molar-refractivity contribution in [1.29, 1.82) is 0 Å². The Kier molecular flexibility index (Phi) is 5.83.